The number of nitrogens with one attached hydrogen (secondary N) is 1. The third-order valence-electron chi connectivity index (χ3n) is 4.61. The number of nitrogens with zero attached hydrogens (tertiary/aromatic N) is 3. The Balaban J connectivity index is 2.00. The molecule has 0 saturated carbocycles. The van der Waals surface area contributed by atoms with Crippen molar-refractivity contribution in [3.05, 3.63) is 23.5 Å². The number of aromatic nitrogens is 1. The molecule has 2 heterocycles. The molecule has 0 aromatic carbocycles. The lowest BCUT2D eigenvalue weighted by Gasteiger charge is -2.19. The molecule has 1 aromatic rings. The van der Waals surface area contributed by atoms with Crippen LogP contribution in [0.1, 0.15) is 37.9 Å². The zero-order valence-electron chi connectivity index (χ0n) is 14.9. The quantitative estimate of drug-likeness (QED) is 0.787. The number of hydrogen-bond acceptors (Lipinski definition) is 4. The molecule has 2 rings (SSSR count). The van der Waals surface area contributed by atoms with Crippen LogP contribution >= 0.6 is 0 Å². The predicted molar refractivity (Wildman–Crippen MR) is 92.3 cm³/mol. The Hall–Kier alpha value is -1.84. The highest BCUT2D eigenvalue weighted by atomic mass is 16.5. The topological polar surface area (TPSA) is 70.3 Å². The van der Waals surface area contributed by atoms with Crippen molar-refractivity contribution in [3.63, 3.8) is 0 Å². The second-order valence-electron chi connectivity index (χ2n) is 6.48. The second kappa shape index (κ2) is 8.86. The van der Waals surface area contributed by atoms with Gasteiger partial charge in [0.2, 0.25) is 5.91 Å². The average Bonchev–Trinajstić information content (AvgIpc) is 3.12. The zero-order valence-corrected chi connectivity index (χ0v) is 14.9. The van der Waals surface area contributed by atoms with Crippen LogP contribution in [0.25, 0.3) is 0 Å². The fourth-order valence-corrected chi connectivity index (χ4v) is 3.56. The summed E-state index contributed by atoms with van der Waals surface area (Å²) in [6.07, 6.45) is 4.28. The summed E-state index contributed by atoms with van der Waals surface area (Å²) in [6, 6.07) is 4.39. The molecule has 2 atom stereocenters. The van der Waals surface area contributed by atoms with Crippen LogP contribution < -0.4 is 5.32 Å². The van der Waals surface area contributed by atoms with E-state index in [9.17, 15) is 10.1 Å². The second-order valence-corrected chi connectivity index (χ2v) is 6.48. The normalized spacial score (nSPS) is 20.9. The van der Waals surface area contributed by atoms with Crippen molar-refractivity contribution in [3.8, 4) is 6.07 Å². The van der Waals surface area contributed by atoms with Crippen molar-refractivity contribution in [2.24, 2.45) is 5.92 Å². The number of carbonyl (C=O) groups excluding carboxylic acids is 1. The van der Waals surface area contributed by atoms with E-state index in [1.54, 1.807) is 0 Å². The molecule has 0 unspecified atom stereocenters. The van der Waals surface area contributed by atoms with E-state index in [0.717, 1.165) is 44.6 Å². The van der Waals surface area contributed by atoms with Gasteiger partial charge < -0.3 is 14.6 Å². The van der Waals surface area contributed by atoms with E-state index in [1.807, 2.05) is 17.6 Å². The highest BCUT2D eigenvalue weighted by Crippen LogP contribution is 2.24. The number of carbonyl (C=O) groups is 1. The zero-order chi connectivity index (χ0) is 17.5. The Morgan fingerprint density at radius 3 is 2.83 bits per heavy atom. The third kappa shape index (κ3) is 4.59. The van der Waals surface area contributed by atoms with Crippen molar-refractivity contribution in [2.75, 3.05) is 26.8 Å². The first-order chi connectivity index (χ1) is 11.6. The van der Waals surface area contributed by atoms with E-state index in [4.69, 9.17) is 4.74 Å². The molecule has 6 nitrogen and oxygen atoms in total. The van der Waals surface area contributed by atoms with Gasteiger partial charge in [0, 0.05) is 45.5 Å². The van der Waals surface area contributed by atoms with Gasteiger partial charge in [-0.15, -0.1) is 0 Å². The lowest BCUT2D eigenvalue weighted by atomic mass is 9.98. The maximum absolute atomic E-state index is 11.8. The molecule has 24 heavy (non-hydrogen) atoms. The molecular formula is C18H28N4O2. The summed E-state index contributed by atoms with van der Waals surface area (Å²) < 4.78 is 6.89. The molecule has 1 aromatic heterocycles. The summed E-state index contributed by atoms with van der Waals surface area (Å²) in [5, 5.41) is 12.3. The van der Waals surface area contributed by atoms with Gasteiger partial charge in [0.15, 0.2) is 0 Å². The van der Waals surface area contributed by atoms with E-state index >= 15 is 0 Å². The molecule has 0 radical (unpaired) electrons. The molecule has 1 fully saturated rings. The van der Waals surface area contributed by atoms with Crippen LogP contribution in [0.3, 0.4) is 0 Å². The van der Waals surface area contributed by atoms with Crippen molar-refractivity contribution in [1.82, 2.24) is 14.8 Å². The van der Waals surface area contributed by atoms with Gasteiger partial charge in [-0.3, -0.25) is 9.69 Å². The highest BCUT2D eigenvalue weighted by Gasteiger charge is 2.33. The Bertz CT molecular complexity index is 590. The monoisotopic (exact) mass is 332 g/mol. The summed E-state index contributed by atoms with van der Waals surface area (Å²) in [6.45, 7) is 7.77. The lowest BCUT2D eigenvalue weighted by Crippen LogP contribution is -2.42. The van der Waals surface area contributed by atoms with E-state index in [2.05, 4.69) is 29.4 Å². The van der Waals surface area contributed by atoms with Crippen LogP contribution in [0.2, 0.25) is 0 Å². The van der Waals surface area contributed by atoms with Gasteiger partial charge in [-0.1, -0.05) is 13.3 Å². The number of likely N-dealkylation sites (tertiary alicyclic amines) is 1. The number of aryl methyl sites for hydroxylation is 1. The van der Waals surface area contributed by atoms with Gasteiger partial charge in [-0.05, 0) is 30.9 Å². The van der Waals surface area contributed by atoms with E-state index in [1.165, 1.54) is 7.11 Å². The highest BCUT2D eigenvalue weighted by molar-refractivity contribution is 5.77. The van der Waals surface area contributed by atoms with E-state index in [-0.39, 0.29) is 18.6 Å². The number of ether oxygens (including phenoxy) is 1. The van der Waals surface area contributed by atoms with Crippen LogP contribution in [0.15, 0.2) is 12.3 Å². The summed E-state index contributed by atoms with van der Waals surface area (Å²) in [5.74, 6) is 0.425. The first-order valence-electron chi connectivity index (χ1n) is 8.71. The van der Waals surface area contributed by atoms with Gasteiger partial charge in [-0.2, -0.15) is 5.26 Å². The maximum Gasteiger partial charge on any atom is 0.246 e. The first-order valence-corrected chi connectivity index (χ1v) is 8.71. The van der Waals surface area contributed by atoms with Gasteiger partial charge in [0.05, 0.1) is 0 Å². The van der Waals surface area contributed by atoms with Gasteiger partial charge >= 0.3 is 0 Å². The van der Waals surface area contributed by atoms with E-state index < -0.39 is 0 Å². The Labute approximate surface area is 144 Å². The smallest absolute Gasteiger partial charge is 0.246 e. The number of hydrogen-bond donors (Lipinski definition) is 1. The fourth-order valence-electron chi connectivity index (χ4n) is 3.56. The van der Waals surface area contributed by atoms with Crippen molar-refractivity contribution < 1.29 is 9.53 Å². The molecule has 1 aliphatic heterocycles. The minimum Gasteiger partial charge on any atom is -0.375 e. The number of amides is 1. The van der Waals surface area contributed by atoms with Gasteiger partial charge in [0.1, 0.15) is 18.4 Å². The Kier molecular flexibility index (Phi) is 6.83. The van der Waals surface area contributed by atoms with E-state index in [0.29, 0.717) is 11.6 Å². The first kappa shape index (κ1) is 18.5. The molecule has 1 aliphatic rings. The minimum absolute atomic E-state index is 0.0469. The largest absolute Gasteiger partial charge is 0.375 e. The molecule has 0 spiro atoms. The van der Waals surface area contributed by atoms with Gasteiger partial charge in [0.25, 0.3) is 0 Å². The van der Waals surface area contributed by atoms with Crippen LogP contribution in [0.4, 0.5) is 0 Å². The SMILES string of the molecule is CCC[C@H]1CN(Cc2cc(C#N)n(CC)c2)C[C@@H]1NC(=O)COC. The molecule has 1 N–H and O–H groups in total. The van der Waals surface area contributed by atoms with Crippen molar-refractivity contribution in [2.45, 2.75) is 45.8 Å². The van der Waals surface area contributed by atoms with Crippen molar-refractivity contribution in [1.29, 1.82) is 5.26 Å². The molecular weight excluding hydrogens is 304 g/mol. The molecule has 0 bridgehead atoms. The standard InChI is InChI=1S/C18H28N4O2/c1-4-6-15-11-21(12-17(15)20-18(23)13-24-3)9-14-7-16(8-19)22(5-2)10-14/h7,10,15,17H,4-6,9,11-13H2,1-3H3,(H,20,23)/t15-,17-/m0/s1. The molecule has 1 saturated heterocycles. The summed E-state index contributed by atoms with van der Waals surface area (Å²) in [4.78, 5) is 14.2. The molecule has 6 heteroatoms. The Morgan fingerprint density at radius 1 is 1.46 bits per heavy atom. The van der Waals surface area contributed by atoms with Crippen LogP contribution in [-0.2, 0) is 22.6 Å². The number of nitriles is 1. The van der Waals surface area contributed by atoms with Crippen molar-refractivity contribution >= 4 is 5.91 Å². The van der Waals surface area contributed by atoms with Gasteiger partial charge in [-0.25, -0.2) is 0 Å². The van der Waals surface area contributed by atoms with Crippen LogP contribution in [0, 0.1) is 17.2 Å². The number of methoxy groups -OCH3 is 1. The molecule has 1 amide bonds. The minimum atomic E-state index is -0.0469. The predicted octanol–water partition coefficient (Wildman–Crippen LogP) is 1.74. The maximum atomic E-state index is 11.8. The summed E-state index contributed by atoms with van der Waals surface area (Å²) in [5.41, 5.74) is 1.87. The molecule has 132 valence electrons. The average molecular weight is 332 g/mol. The third-order valence-corrected chi connectivity index (χ3v) is 4.61. The van der Waals surface area contributed by atoms with Crippen LogP contribution in [0.5, 0.6) is 0 Å². The number of rotatable bonds is 8. The van der Waals surface area contributed by atoms with Crippen LogP contribution in [-0.4, -0.2) is 48.2 Å². The summed E-state index contributed by atoms with van der Waals surface area (Å²) in [7, 11) is 1.54. The summed E-state index contributed by atoms with van der Waals surface area (Å²) >= 11 is 0. The molecule has 0 aliphatic carbocycles. The fraction of sp³-hybridized carbons (Fsp3) is 0.667. The Morgan fingerprint density at radius 2 is 2.25 bits per heavy atom. The lowest BCUT2D eigenvalue weighted by molar-refractivity contribution is -0.125.